The molecule has 0 unspecified atom stereocenters. The molecule has 29 heavy (non-hydrogen) atoms. The Bertz CT molecular complexity index is 1040. The second kappa shape index (κ2) is 7.12. The fourth-order valence-electron chi connectivity index (χ4n) is 3.57. The third kappa shape index (κ3) is 3.04. The lowest BCUT2D eigenvalue weighted by molar-refractivity contribution is -0.0437. The van der Waals surface area contributed by atoms with Crippen molar-refractivity contribution in [1.29, 1.82) is 0 Å². The molecule has 5 rings (SSSR count). The van der Waals surface area contributed by atoms with Gasteiger partial charge in [0.2, 0.25) is 6.79 Å². The Hall–Kier alpha value is -2.99. The van der Waals surface area contributed by atoms with Gasteiger partial charge in [0.1, 0.15) is 18.5 Å². The summed E-state index contributed by atoms with van der Waals surface area (Å²) in [7, 11) is 0. The lowest BCUT2D eigenvalue weighted by atomic mass is 10.1. The van der Waals surface area contributed by atoms with Gasteiger partial charge in [0.25, 0.3) is 0 Å². The minimum absolute atomic E-state index is 0.230. The number of fused-ring (bicyclic) bond motifs is 2. The van der Waals surface area contributed by atoms with Gasteiger partial charge >= 0.3 is 0 Å². The van der Waals surface area contributed by atoms with E-state index in [1.807, 2.05) is 18.2 Å². The van der Waals surface area contributed by atoms with Crippen molar-refractivity contribution in [1.82, 2.24) is 19.5 Å². The molecule has 2 aliphatic rings. The van der Waals surface area contributed by atoms with Gasteiger partial charge in [-0.2, -0.15) is 0 Å². The van der Waals surface area contributed by atoms with Crippen molar-refractivity contribution >= 4 is 17.0 Å². The highest BCUT2D eigenvalue weighted by atomic mass is 16.7. The molecule has 4 heterocycles. The third-order valence-electron chi connectivity index (χ3n) is 5.13. The lowest BCUT2D eigenvalue weighted by Crippen LogP contribution is -2.39. The van der Waals surface area contributed by atoms with Crippen LogP contribution in [-0.2, 0) is 11.3 Å². The first-order chi connectivity index (χ1) is 14.2. The summed E-state index contributed by atoms with van der Waals surface area (Å²) in [4.78, 5) is 13.0. The zero-order valence-electron chi connectivity index (χ0n) is 15.3. The molecule has 0 spiro atoms. The Morgan fingerprint density at radius 3 is 2.90 bits per heavy atom. The van der Waals surface area contributed by atoms with Crippen molar-refractivity contribution < 1.29 is 24.4 Å². The number of nitrogens with two attached hydrogens (primary N) is 1. The van der Waals surface area contributed by atoms with Crippen molar-refractivity contribution in [3.8, 4) is 11.5 Å². The van der Waals surface area contributed by atoms with Crippen LogP contribution in [0.4, 0.5) is 5.82 Å². The molecule has 4 atom stereocenters. The number of nitrogens with one attached hydrogen (secondary N) is 1. The highest BCUT2D eigenvalue weighted by molar-refractivity contribution is 5.82. The third-order valence-corrected chi connectivity index (χ3v) is 5.13. The molecule has 1 saturated heterocycles. The van der Waals surface area contributed by atoms with Crippen LogP contribution in [0.3, 0.4) is 0 Å². The number of imidazole rings is 1. The van der Waals surface area contributed by atoms with Crippen LogP contribution in [0.2, 0.25) is 0 Å². The Kier molecular flexibility index (Phi) is 4.43. The van der Waals surface area contributed by atoms with E-state index in [9.17, 15) is 10.2 Å². The van der Waals surface area contributed by atoms with Gasteiger partial charge in [-0.15, -0.1) is 0 Å². The summed E-state index contributed by atoms with van der Waals surface area (Å²) in [6, 6.07) is 5.00. The molecule has 1 aromatic carbocycles. The molecule has 0 radical (unpaired) electrons. The van der Waals surface area contributed by atoms with Crippen LogP contribution in [0, 0.1) is 0 Å². The molecule has 11 heteroatoms. The molecular formula is C18H20N6O5. The van der Waals surface area contributed by atoms with E-state index in [0.29, 0.717) is 29.3 Å². The van der Waals surface area contributed by atoms with E-state index in [-0.39, 0.29) is 13.4 Å². The normalized spacial score (nSPS) is 25.6. The second-order valence-corrected chi connectivity index (χ2v) is 6.90. The molecule has 3 aromatic rings. The highest BCUT2D eigenvalue weighted by Gasteiger charge is 2.42. The summed E-state index contributed by atoms with van der Waals surface area (Å²) in [5.74, 6) is 2.00. The van der Waals surface area contributed by atoms with Crippen molar-refractivity contribution in [2.24, 2.45) is 5.73 Å². The molecule has 0 saturated carbocycles. The molecule has 5 N–H and O–H groups in total. The number of hydrogen-bond donors (Lipinski definition) is 4. The lowest BCUT2D eigenvalue weighted by Gasteiger charge is -2.17. The minimum atomic E-state index is -0.979. The average molecular weight is 400 g/mol. The number of anilines is 1. The quantitative estimate of drug-likeness (QED) is 0.451. The van der Waals surface area contributed by atoms with Gasteiger partial charge in [-0.25, -0.2) is 15.0 Å². The standard InChI is InChI=1S/C18H20N6O5/c19-13-15(26)12(5-25)29-18(13)24-7-23-14-16(21-6-22-17(14)24)20-4-9-1-2-10-11(3-9)28-8-27-10/h1-3,6-7,12-13,15,18,25-26H,4-5,8,19H2,(H,20,21,22)/t12-,13-,15-,18-/m1/s1. The largest absolute Gasteiger partial charge is 0.454 e. The molecule has 2 aromatic heterocycles. The molecule has 2 aliphatic heterocycles. The summed E-state index contributed by atoms with van der Waals surface area (Å²) in [5.41, 5.74) is 8.13. The first kappa shape index (κ1) is 18.1. The predicted molar refractivity (Wildman–Crippen MR) is 100 cm³/mol. The van der Waals surface area contributed by atoms with Gasteiger partial charge in [0.15, 0.2) is 34.7 Å². The number of hydrogen-bond acceptors (Lipinski definition) is 10. The molecule has 152 valence electrons. The Balaban J connectivity index is 1.39. The van der Waals surface area contributed by atoms with Gasteiger partial charge in [-0.1, -0.05) is 6.07 Å². The zero-order valence-corrected chi connectivity index (χ0v) is 15.3. The summed E-state index contributed by atoms with van der Waals surface area (Å²) in [5, 5.41) is 22.7. The smallest absolute Gasteiger partial charge is 0.231 e. The van der Waals surface area contributed by atoms with Crippen LogP contribution in [0.5, 0.6) is 11.5 Å². The van der Waals surface area contributed by atoms with Crippen LogP contribution in [-0.4, -0.2) is 61.4 Å². The maximum Gasteiger partial charge on any atom is 0.231 e. The number of ether oxygens (including phenoxy) is 3. The molecule has 1 fully saturated rings. The Morgan fingerprint density at radius 2 is 2.07 bits per heavy atom. The second-order valence-electron chi connectivity index (χ2n) is 6.90. The van der Waals surface area contributed by atoms with E-state index in [0.717, 1.165) is 11.3 Å². The Morgan fingerprint density at radius 1 is 1.21 bits per heavy atom. The zero-order chi connectivity index (χ0) is 20.0. The van der Waals surface area contributed by atoms with Gasteiger partial charge in [-0.3, -0.25) is 4.57 Å². The van der Waals surface area contributed by atoms with Crippen LogP contribution < -0.4 is 20.5 Å². The maximum atomic E-state index is 10.1. The fraction of sp³-hybridized carbons (Fsp3) is 0.389. The molecule has 0 bridgehead atoms. The van der Waals surface area contributed by atoms with E-state index in [1.165, 1.54) is 6.33 Å². The SMILES string of the molecule is N[C@@H]1[C@H](O)[C@@H](CO)O[C@H]1n1cnc2c(NCc3ccc4c(c3)OCO4)ncnc21. The maximum absolute atomic E-state index is 10.1. The topological polar surface area (TPSA) is 150 Å². The molecule has 11 nitrogen and oxygen atoms in total. The summed E-state index contributed by atoms with van der Waals surface area (Å²) >= 11 is 0. The van der Waals surface area contributed by atoms with Crippen molar-refractivity contribution in [3.05, 3.63) is 36.4 Å². The van der Waals surface area contributed by atoms with Crippen molar-refractivity contribution in [3.63, 3.8) is 0 Å². The van der Waals surface area contributed by atoms with Crippen molar-refractivity contribution in [2.75, 3.05) is 18.7 Å². The fourth-order valence-corrected chi connectivity index (χ4v) is 3.57. The van der Waals surface area contributed by atoms with Crippen LogP contribution >= 0.6 is 0 Å². The van der Waals surface area contributed by atoms with Gasteiger partial charge < -0.3 is 35.5 Å². The first-order valence-electron chi connectivity index (χ1n) is 9.15. The number of benzene rings is 1. The first-order valence-corrected chi connectivity index (χ1v) is 9.15. The van der Waals surface area contributed by atoms with E-state index >= 15 is 0 Å². The van der Waals surface area contributed by atoms with E-state index < -0.39 is 24.5 Å². The number of nitrogens with zero attached hydrogens (tertiary/aromatic N) is 4. The number of rotatable bonds is 5. The number of aliphatic hydroxyl groups is 2. The molecule has 0 aliphatic carbocycles. The van der Waals surface area contributed by atoms with Crippen LogP contribution in [0.25, 0.3) is 11.2 Å². The van der Waals surface area contributed by atoms with Gasteiger partial charge in [0, 0.05) is 6.54 Å². The molecular weight excluding hydrogens is 380 g/mol. The van der Waals surface area contributed by atoms with E-state index in [4.69, 9.17) is 19.9 Å². The van der Waals surface area contributed by atoms with E-state index in [1.54, 1.807) is 10.9 Å². The number of aromatic nitrogens is 4. The summed E-state index contributed by atoms with van der Waals surface area (Å²) in [6.07, 6.45) is 0.542. The summed E-state index contributed by atoms with van der Waals surface area (Å²) in [6.45, 7) is 0.406. The van der Waals surface area contributed by atoms with Crippen LogP contribution in [0.1, 0.15) is 11.8 Å². The Labute approximate surface area is 165 Å². The summed E-state index contributed by atoms with van der Waals surface area (Å²) < 4.78 is 18.1. The molecule has 0 amide bonds. The highest BCUT2D eigenvalue weighted by Crippen LogP contribution is 2.33. The number of aliphatic hydroxyl groups excluding tert-OH is 2. The average Bonchev–Trinajstić information content (AvgIpc) is 3.44. The van der Waals surface area contributed by atoms with Gasteiger partial charge in [-0.05, 0) is 17.7 Å². The van der Waals surface area contributed by atoms with Gasteiger partial charge in [0.05, 0.1) is 19.0 Å². The minimum Gasteiger partial charge on any atom is -0.454 e. The van der Waals surface area contributed by atoms with Crippen LogP contribution in [0.15, 0.2) is 30.9 Å². The predicted octanol–water partition coefficient (Wildman–Crippen LogP) is -0.255. The van der Waals surface area contributed by atoms with Crippen molar-refractivity contribution in [2.45, 2.75) is 31.0 Å². The van der Waals surface area contributed by atoms with E-state index in [2.05, 4.69) is 20.3 Å². The monoisotopic (exact) mass is 400 g/mol.